The molecule has 2 amide bonds. The van der Waals surface area contributed by atoms with Crippen LogP contribution in [0.4, 0.5) is 5.69 Å². The number of amides is 2. The number of carboxylic acid groups (broad SMARTS) is 1. The zero-order chi connectivity index (χ0) is 27.0. The molecule has 2 aliphatic heterocycles. The van der Waals surface area contributed by atoms with Crippen molar-refractivity contribution in [1.29, 1.82) is 5.26 Å². The molecule has 4 unspecified atom stereocenters. The molecule has 3 aromatic carbocycles. The first-order valence-corrected chi connectivity index (χ1v) is 11.9. The molecule has 5 rings (SSSR count). The maximum absolute atomic E-state index is 13.8. The molecular weight excluding hydrogens is 488 g/mol. The fraction of sp³-hybridized carbons (Fsp3) is 0.214. The molecule has 2 heterocycles. The first-order valence-electron chi connectivity index (χ1n) is 11.9. The van der Waals surface area contributed by atoms with E-state index in [1.807, 2.05) is 12.1 Å². The van der Waals surface area contributed by atoms with Gasteiger partial charge in [0.05, 0.1) is 34.9 Å². The van der Waals surface area contributed by atoms with Gasteiger partial charge in [0.15, 0.2) is 0 Å². The standard InChI is InChI=1S/C28H22N4O6/c29-15-18-6-10-20(11-7-18)24-22-23(26(34)31(25(22)33)16-19-4-2-1-3-5-19)28(30-24,27(35)36)14-17-8-12-21(13-9-17)32(37)38/h1-13,22-24,30H,14,16H2,(H,35,36). The number of benzene rings is 3. The van der Waals surface area contributed by atoms with Gasteiger partial charge in [0.1, 0.15) is 5.54 Å². The summed E-state index contributed by atoms with van der Waals surface area (Å²) in [5, 5.41) is 33.9. The zero-order valence-electron chi connectivity index (χ0n) is 20.0. The van der Waals surface area contributed by atoms with Gasteiger partial charge in [-0.15, -0.1) is 0 Å². The molecule has 0 aliphatic carbocycles. The topological polar surface area (TPSA) is 154 Å². The van der Waals surface area contributed by atoms with E-state index in [0.29, 0.717) is 16.7 Å². The van der Waals surface area contributed by atoms with Crippen LogP contribution in [0.5, 0.6) is 0 Å². The average Bonchev–Trinajstić information content (AvgIpc) is 3.39. The predicted molar refractivity (Wildman–Crippen MR) is 133 cm³/mol. The molecule has 38 heavy (non-hydrogen) atoms. The van der Waals surface area contributed by atoms with E-state index >= 15 is 0 Å². The van der Waals surface area contributed by atoms with Gasteiger partial charge in [-0.05, 0) is 28.8 Å². The van der Waals surface area contributed by atoms with E-state index in [4.69, 9.17) is 0 Å². The molecule has 0 bridgehead atoms. The number of fused-ring (bicyclic) bond motifs is 1. The number of carbonyl (C=O) groups excluding carboxylic acids is 2. The van der Waals surface area contributed by atoms with Gasteiger partial charge in [-0.3, -0.25) is 34.7 Å². The molecule has 0 aromatic heterocycles. The first kappa shape index (κ1) is 24.8. The number of imide groups is 1. The van der Waals surface area contributed by atoms with Crippen molar-refractivity contribution in [2.24, 2.45) is 11.8 Å². The van der Waals surface area contributed by atoms with Gasteiger partial charge in [0.25, 0.3) is 5.69 Å². The van der Waals surface area contributed by atoms with Crippen LogP contribution in [0.1, 0.15) is 28.3 Å². The number of hydrogen-bond donors (Lipinski definition) is 2. The van der Waals surface area contributed by atoms with E-state index in [-0.39, 0.29) is 18.7 Å². The monoisotopic (exact) mass is 510 g/mol. The van der Waals surface area contributed by atoms with Gasteiger partial charge in [-0.25, -0.2) is 0 Å². The average molecular weight is 511 g/mol. The molecule has 2 N–H and O–H groups in total. The molecule has 10 nitrogen and oxygen atoms in total. The number of carbonyl (C=O) groups is 3. The minimum absolute atomic E-state index is 0.0127. The van der Waals surface area contributed by atoms with Crippen molar-refractivity contribution >= 4 is 23.5 Å². The third kappa shape index (κ3) is 4.09. The number of nitro groups is 1. The summed E-state index contributed by atoms with van der Waals surface area (Å²) in [5.41, 5.74) is 0.177. The molecule has 2 saturated heterocycles. The normalized spacial score (nSPS) is 24.2. The Balaban J connectivity index is 1.58. The number of nitriles is 1. The van der Waals surface area contributed by atoms with Crippen molar-refractivity contribution in [2.45, 2.75) is 24.5 Å². The summed E-state index contributed by atoms with van der Waals surface area (Å²) in [7, 11) is 0. The van der Waals surface area contributed by atoms with E-state index in [1.165, 1.54) is 24.3 Å². The number of likely N-dealkylation sites (tertiary alicyclic amines) is 1. The van der Waals surface area contributed by atoms with Crippen molar-refractivity contribution < 1.29 is 24.4 Å². The Morgan fingerprint density at radius 2 is 1.66 bits per heavy atom. The Morgan fingerprint density at radius 3 is 2.24 bits per heavy atom. The van der Waals surface area contributed by atoms with E-state index in [9.17, 15) is 34.9 Å². The van der Waals surface area contributed by atoms with Gasteiger partial charge >= 0.3 is 5.97 Å². The Labute approximate surface area is 217 Å². The van der Waals surface area contributed by atoms with Crippen LogP contribution in [0, 0.1) is 33.3 Å². The number of non-ortho nitro benzene ring substituents is 1. The lowest BCUT2D eigenvalue weighted by molar-refractivity contribution is -0.384. The number of rotatable bonds is 7. The predicted octanol–water partition coefficient (Wildman–Crippen LogP) is 2.98. The molecule has 2 fully saturated rings. The molecule has 2 aliphatic rings. The van der Waals surface area contributed by atoms with Crippen molar-refractivity contribution in [3.8, 4) is 6.07 Å². The number of nitrogens with zero attached hydrogens (tertiary/aromatic N) is 3. The molecule has 10 heteroatoms. The van der Waals surface area contributed by atoms with E-state index in [2.05, 4.69) is 5.32 Å². The second-order valence-electron chi connectivity index (χ2n) is 9.48. The maximum Gasteiger partial charge on any atom is 0.325 e. The highest BCUT2D eigenvalue weighted by Crippen LogP contribution is 2.50. The highest BCUT2D eigenvalue weighted by atomic mass is 16.6. The van der Waals surface area contributed by atoms with E-state index < -0.39 is 46.1 Å². The van der Waals surface area contributed by atoms with Gasteiger partial charge in [-0.1, -0.05) is 54.6 Å². The van der Waals surface area contributed by atoms with Crippen LogP contribution >= 0.6 is 0 Å². The highest BCUT2D eigenvalue weighted by molar-refractivity contribution is 6.09. The van der Waals surface area contributed by atoms with Crippen molar-refractivity contribution in [3.63, 3.8) is 0 Å². The summed E-state index contributed by atoms with van der Waals surface area (Å²) in [6.07, 6.45) is -0.174. The van der Waals surface area contributed by atoms with Gasteiger partial charge < -0.3 is 5.11 Å². The van der Waals surface area contributed by atoms with E-state index in [1.54, 1.807) is 48.5 Å². The molecule has 3 aromatic rings. The molecule has 0 spiro atoms. The van der Waals surface area contributed by atoms with E-state index in [0.717, 1.165) is 10.5 Å². The van der Waals surface area contributed by atoms with Gasteiger partial charge in [0.2, 0.25) is 11.8 Å². The van der Waals surface area contributed by atoms with Crippen LogP contribution in [0.25, 0.3) is 0 Å². The van der Waals surface area contributed by atoms with Crippen LogP contribution < -0.4 is 5.32 Å². The third-order valence-electron chi connectivity index (χ3n) is 7.34. The SMILES string of the molecule is N#Cc1ccc(C2NC(Cc3ccc([N+](=O)[O-])cc3)(C(=O)O)C3C(=O)N(Cc4ccccc4)C(=O)C23)cc1. The van der Waals surface area contributed by atoms with Crippen molar-refractivity contribution in [3.05, 3.63) is 111 Å². The van der Waals surface area contributed by atoms with Crippen molar-refractivity contribution in [1.82, 2.24) is 10.2 Å². The lowest BCUT2D eigenvalue weighted by atomic mass is 9.76. The first-order chi connectivity index (χ1) is 18.2. The second kappa shape index (κ2) is 9.53. The fourth-order valence-electron chi connectivity index (χ4n) is 5.53. The second-order valence-corrected chi connectivity index (χ2v) is 9.48. The quantitative estimate of drug-likeness (QED) is 0.279. The summed E-state index contributed by atoms with van der Waals surface area (Å²) in [6.45, 7) is 0.0127. The lowest BCUT2D eigenvalue weighted by Crippen LogP contribution is -2.57. The van der Waals surface area contributed by atoms with Gasteiger partial charge in [-0.2, -0.15) is 5.26 Å². The van der Waals surface area contributed by atoms with Crippen LogP contribution in [0.2, 0.25) is 0 Å². The summed E-state index contributed by atoms with van der Waals surface area (Å²) in [6, 6.07) is 22.1. The number of carboxylic acids is 1. The maximum atomic E-state index is 13.8. The Hall–Kier alpha value is -4.88. The molecular formula is C28H22N4O6. The summed E-state index contributed by atoms with van der Waals surface area (Å²) in [5.74, 6) is -4.57. The molecule has 4 atom stereocenters. The third-order valence-corrected chi connectivity index (χ3v) is 7.34. The number of nitro benzene ring substituents is 1. The number of hydrogen-bond acceptors (Lipinski definition) is 7. The minimum atomic E-state index is -1.85. The lowest BCUT2D eigenvalue weighted by Gasteiger charge is -2.31. The Bertz CT molecular complexity index is 1470. The molecule has 0 radical (unpaired) electrons. The Morgan fingerprint density at radius 1 is 1.00 bits per heavy atom. The van der Waals surface area contributed by atoms with Crippen molar-refractivity contribution in [2.75, 3.05) is 0 Å². The minimum Gasteiger partial charge on any atom is -0.480 e. The smallest absolute Gasteiger partial charge is 0.325 e. The van der Waals surface area contributed by atoms with Crippen LogP contribution in [-0.4, -0.2) is 38.3 Å². The number of aliphatic carboxylic acids is 1. The number of nitrogens with one attached hydrogen (secondary N) is 1. The van der Waals surface area contributed by atoms with Gasteiger partial charge in [0, 0.05) is 24.6 Å². The summed E-state index contributed by atoms with van der Waals surface area (Å²) in [4.78, 5) is 52.1. The molecule has 0 saturated carbocycles. The summed E-state index contributed by atoms with van der Waals surface area (Å²) < 4.78 is 0. The fourth-order valence-corrected chi connectivity index (χ4v) is 5.53. The van der Waals surface area contributed by atoms with Crippen LogP contribution in [0.3, 0.4) is 0 Å². The largest absolute Gasteiger partial charge is 0.480 e. The molecule has 190 valence electrons. The van der Waals surface area contributed by atoms with Crippen LogP contribution in [-0.2, 0) is 27.3 Å². The summed E-state index contributed by atoms with van der Waals surface area (Å²) >= 11 is 0. The zero-order valence-corrected chi connectivity index (χ0v) is 20.0. The highest BCUT2D eigenvalue weighted by Gasteiger charge is 2.68. The van der Waals surface area contributed by atoms with Crippen LogP contribution in [0.15, 0.2) is 78.9 Å². The Kier molecular flexibility index (Phi) is 6.22.